The Labute approximate surface area is 252 Å². The number of carbonyl (C=O) groups is 1. The Morgan fingerprint density at radius 1 is 0.881 bits per heavy atom. The largest absolute Gasteiger partial charge is 0.492 e. The first-order chi connectivity index (χ1) is 20.1. The van der Waals surface area contributed by atoms with E-state index < -0.39 is 15.9 Å². The molecule has 0 saturated heterocycles. The zero-order valence-corrected chi connectivity index (χ0v) is 25.4. The molecule has 0 aromatic heterocycles. The number of amides is 1. The van der Waals surface area contributed by atoms with Crippen LogP contribution in [0, 0.1) is 0 Å². The Bertz CT molecular complexity index is 1710. The van der Waals surface area contributed by atoms with Gasteiger partial charge in [0.15, 0.2) is 4.91 Å². The molecule has 0 spiro atoms. The van der Waals surface area contributed by atoms with Crippen LogP contribution < -0.4 is 14.4 Å². The maximum atomic E-state index is 14.3. The van der Waals surface area contributed by atoms with E-state index in [1.807, 2.05) is 72.8 Å². The highest BCUT2D eigenvalue weighted by Gasteiger charge is 2.41. The van der Waals surface area contributed by atoms with Gasteiger partial charge in [0, 0.05) is 16.2 Å². The number of anilines is 1. The maximum Gasteiger partial charge on any atom is 0.270 e. The summed E-state index contributed by atoms with van der Waals surface area (Å²) in [6, 6.07) is 31.2. The average molecular weight is 601 g/mol. The Morgan fingerprint density at radius 2 is 1.52 bits per heavy atom. The topological polar surface area (TPSA) is 75.7 Å². The second-order valence-corrected chi connectivity index (χ2v) is 13.3. The molecule has 4 aromatic rings. The minimum atomic E-state index is -4.28. The summed E-state index contributed by atoms with van der Waals surface area (Å²) in [6.07, 6.45) is 0. The first-order valence-corrected chi connectivity index (χ1v) is 15.6. The first-order valence-electron chi connectivity index (χ1n) is 13.7. The first kappa shape index (κ1) is 29.4. The summed E-state index contributed by atoms with van der Waals surface area (Å²) in [4.78, 5) is 13.5. The molecule has 5 rings (SSSR count). The van der Waals surface area contributed by atoms with Gasteiger partial charge in [0.1, 0.15) is 12.4 Å². The van der Waals surface area contributed by atoms with Gasteiger partial charge in [-0.3, -0.25) is 9.10 Å². The van der Waals surface area contributed by atoms with Gasteiger partial charge in [-0.15, -0.1) is 0 Å². The van der Waals surface area contributed by atoms with E-state index in [4.69, 9.17) is 16.3 Å². The third kappa shape index (κ3) is 6.22. The van der Waals surface area contributed by atoms with Crippen LogP contribution in [0.1, 0.15) is 43.0 Å². The fourth-order valence-corrected chi connectivity index (χ4v) is 6.85. The molecule has 0 bridgehead atoms. The highest BCUT2D eigenvalue weighted by atomic mass is 35.5. The van der Waals surface area contributed by atoms with E-state index in [0.717, 1.165) is 5.56 Å². The van der Waals surface area contributed by atoms with Crippen LogP contribution in [0.4, 0.5) is 5.69 Å². The van der Waals surface area contributed by atoms with E-state index in [1.54, 1.807) is 30.3 Å². The minimum Gasteiger partial charge on any atom is -0.492 e. The van der Waals surface area contributed by atoms with Crippen molar-refractivity contribution in [3.63, 3.8) is 0 Å². The van der Waals surface area contributed by atoms with Gasteiger partial charge < -0.3 is 10.1 Å². The van der Waals surface area contributed by atoms with Crippen molar-refractivity contribution >= 4 is 38.8 Å². The van der Waals surface area contributed by atoms with E-state index >= 15 is 0 Å². The normalized spacial score (nSPS) is 14.3. The van der Waals surface area contributed by atoms with Crippen LogP contribution in [0.5, 0.6) is 5.75 Å². The van der Waals surface area contributed by atoms with Crippen LogP contribution in [0.3, 0.4) is 0 Å². The third-order valence-corrected chi connectivity index (χ3v) is 9.13. The number of hydrogen-bond acceptors (Lipinski definition) is 4. The van der Waals surface area contributed by atoms with E-state index in [0.29, 0.717) is 33.2 Å². The predicted octanol–water partition coefficient (Wildman–Crippen LogP) is 6.94. The van der Waals surface area contributed by atoms with Gasteiger partial charge in [-0.25, -0.2) is 8.42 Å². The number of nitrogens with zero attached hydrogens (tertiary/aromatic N) is 1. The molecule has 1 heterocycles. The van der Waals surface area contributed by atoms with Crippen LogP contribution in [-0.4, -0.2) is 27.5 Å². The lowest BCUT2D eigenvalue weighted by Gasteiger charge is -2.33. The number of nitrogens with one attached hydrogen (secondary N) is 1. The summed E-state index contributed by atoms with van der Waals surface area (Å²) >= 11 is 6.42. The molecule has 1 amide bonds. The summed E-state index contributed by atoms with van der Waals surface area (Å²) < 4.78 is 35.7. The number of ether oxygens (including phenoxy) is 1. The second kappa shape index (κ2) is 12.0. The van der Waals surface area contributed by atoms with Crippen molar-refractivity contribution < 1.29 is 17.9 Å². The van der Waals surface area contributed by atoms with Crippen LogP contribution >= 0.6 is 11.6 Å². The fraction of sp³-hybridized carbons (Fsp3) is 0.206. The Hall–Kier alpha value is -4.07. The standard InChI is InChI=1S/C34H33ClN2O4S/c1-34(2,3)26-14-17-28(18-15-26)41-21-20-36-33(38)32-31(25-12-8-5-9-13-25)29-22-27(35)16-19-30(29)37(42(32,39)40)23-24-10-6-4-7-11-24/h4-19,22H,20-21,23H2,1-3H3,(H,36,38). The van der Waals surface area contributed by atoms with Crippen molar-refractivity contribution in [1.29, 1.82) is 0 Å². The highest BCUT2D eigenvalue weighted by Crippen LogP contribution is 2.44. The van der Waals surface area contributed by atoms with E-state index in [1.165, 1.54) is 9.87 Å². The predicted molar refractivity (Wildman–Crippen MR) is 169 cm³/mol. The second-order valence-electron chi connectivity index (χ2n) is 11.1. The SMILES string of the molecule is CC(C)(C)c1ccc(OCCNC(=O)C2=C(c3ccccc3)c3cc(Cl)ccc3N(Cc3ccccc3)S2(=O)=O)cc1. The Kier molecular flexibility index (Phi) is 8.43. The molecule has 0 saturated carbocycles. The smallest absolute Gasteiger partial charge is 0.270 e. The van der Waals surface area contributed by atoms with Gasteiger partial charge in [0.05, 0.1) is 18.8 Å². The highest BCUT2D eigenvalue weighted by molar-refractivity contribution is 7.97. The zero-order valence-electron chi connectivity index (χ0n) is 23.8. The maximum absolute atomic E-state index is 14.3. The molecule has 0 atom stereocenters. The summed E-state index contributed by atoms with van der Waals surface area (Å²) in [5, 5.41) is 3.22. The number of benzene rings is 4. The molecular formula is C34H33ClN2O4S. The minimum absolute atomic E-state index is 0.0272. The molecule has 1 aliphatic heterocycles. The molecular weight excluding hydrogens is 568 g/mol. The van der Waals surface area contributed by atoms with Crippen LogP contribution in [0.25, 0.3) is 5.57 Å². The lowest BCUT2D eigenvalue weighted by Crippen LogP contribution is -2.42. The number of sulfonamides is 1. The van der Waals surface area contributed by atoms with Gasteiger partial charge >= 0.3 is 0 Å². The summed E-state index contributed by atoms with van der Waals surface area (Å²) in [6.45, 7) is 6.77. The van der Waals surface area contributed by atoms with Crippen LogP contribution in [0.2, 0.25) is 5.02 Å². The van der Waals surface area contributed by atoms with Crippen LogP contribution in [0.15, 0.2) is 108 Å². The monoisotopic (exact) mass is 600 g/mol. The third-order valence-electron chi connectivity index (χ3n) is 7.09. The van der Waals surface area contributed by atoms with Crippen molar-refractivity contribution in [3.05, 3.63) is 135 Å². The molecule has 1 N–H and O–H groups in total. The summed E-state index contributed by atoms with van der Waals surface area (Å²) in [5.41, 5.74) is 3.94. The zero-order chi connectivity index (χ0) is 29.9. The van der Waals surface area contributed by atoms with E-state index in [9.17, 15) is 13.2 Å². The van der Waals surface area contributed by atoms with Crippen molar-refractivity contribution in [2.45, 2.75) is 32.7 Å². The number of carbonyl (C=O) groups excluding carboxylic acids is 1. The summed E-state index contributed by atoms with van der Waals surface area (Å²) in [7, 11) is -4.28. The van der Waals surface area contributed by atoms with Gasteiger partial charge in [-0.2, -0.15) is 0 Å². The van der Waals surface area contributed by atoms with Crippen molar-refractivity contribution in [2.75, 3.05) is 17.5 Å². The van der Waals surface area contributed by atoms with Gasteiger partial charge in [0.2, 0.25) is 0 Å². The molecule has 0 unspecified atom stereocenters. The average Bonchev–Trinajstić information content (AvgIpc) is 2.97. The van der Waals surface area contributed by atoms with E-state index in [-0.39, 0.29) is 30.0 Å². The van der Waals surface area contributed by atoms with Gasteiger partial charge in [-0.1, -0.05) is 105 Å². The van der Waals surface area contributed by atoms with Crippen LogP contribution in [-0.2, 0) is 26.8 Å². The molecule has 8 heteroatoms. The van der Waals surface area contributed by atoms with Gasteiger partial charge in [0.25, 0.3) is 15.9 Å². The number of hydrogen-bond donors (Lipinski definition) is 1. The Balaban J connectivity index is 1.48. The van der Waals surface area contributed by atoms with Crippen molar-refractivity contribution in [3.8, 4) is 5.75 Å². The molecule has 0 radical (unpaired) electrons. The lowest BCUT2D eigenvalue weighted by molar-refractivity contribution is -0.116. The molecule has 0 aliphatic carbocycles. The number of rotatable bonds is 8. The van der Waals surface area contributed by atoms with Gasteiger partial charge in [-0.05, 0) is 52.4 Å². The quantitative estimate of drug-likeness (QED) is 0.222. The number of fused-ring (bicyclic) bond motifs is 1. The lowest BCUT2D eigenvalue weighted by atomic mass is 9.87. The Morgan fingerprint density at radius 3 is 2.17 bits per heavy atom. The van der Waals surface area contributed by atoms with Crippen molar-refractivity contribution in [2.24, 2.45) is 0 Å². The molecule has 4 aromatic carbocycles. The van der Waals surface area contributed by atoms with E-state index in [2.05, 4.69) is 26.1 Å². The van der Waals surface area contributed by atoms with Crippen molar-refractivity contribution in [1.82, 2.24) is 5.32 Å². The molecule has 6 nitrogen and oxygen atoms in total. The molecule has 0 fully saturated rings. The molecule has 216 valence electrons. The molecule has 42 heavy (non-hydrogen) atoms. The summed E-state index contributed by atoms with van der Waals surface area (Å²) in [5.74, 6) is -0.0337. The fourth-order valence-electron chi connectivity index (χ4n) is 4.92. The number of halogens is 1. The molecule has 1 aliphatic rings.